The third-order valence-corrected chi connectivity index (χ3v) is 5.49. The molecule has 0 aliphatic carbocycles. The van der Waals surface area contributed by atoms with E-state index in [1.165, 1.54) is 48.5 Å². The first-order valence-electron chi connectivity index (χ1n) is 11.6. The van der Waals surface area contributed by atoms with E-state index in [9.17, 15) is 37.5 Å². The molecule has 1 heterocycles. The Morgan fingerprint density at radius 2 is 1.23 bits per heavy atom. The van der Waals surface area contributed by atoms with E-state index in [0.717, 1.165) is 18.2 Å². The van der Waals surface area contributed by atoms with Crippen LogP contribution in [0.3, 0.4) is 0 Å². The number of ether oxygens (including phenoxy) is 2. The minimum absolute atomic E-state index is 0.0936. The van der Waals surface area contributed by atoms with Gasteiger partial charge in [-0.05, 0) is 42.5 Å². The van der Waals surface area contributed by atoms with E-state index in [1.54, 1.807) is 0 Å². The van der Waals surface area contributed by atoms with Crippen LogP contribution in [0.5, 0.6) is 0 Å². The van der Waals surface area contributed by atoms with E-state index in [2.05, 4.69) is 10.6 Å². The molecule has 4 rings (SSSR count). The largest absolute Gasteiger partial charge is 0.454 e. The Balaban J connectivity index is 1.30. The summed E-state index contributed by atoms with van der Waals surface area (Å²) in [7, 11) is 0. The van der Waals surface area contributed by atoms with E-state index in [1.807, 2.05) is 0 Å². The highest BCUT2D eigenvalue weighted by Gasteiger charge is 2.37. The molecule has 3 aromatic rings. The summed E-state index contributed by atoms with van der Waals surface area (Å²) in [4.78, 5) is 74.5. The zero-order valence-corrected chi connectivity index (χ0v) is 20.4. The minimum Gasteiger partial charge on any atom is -0.454 e. The maximum atomic E-state index is 13.6. The van der Waals surface area contributed by atoms with Crippen molar-refractivity contribution in [2.45, 2.75) is 0 Å². The molecule has 0 spiro atoms. The molecule has 0 bridgehead atoms. The summed E-state index contributed by atoms with van der Waals surface area (Å²) in [5, 5.41) is 4.46. The number of halogens is 2. The third-order valence-electron chi connectivity index (χ3n) is 5.49. The van der Waals surface area contributed by atoms with Crippen LogP contribution in [-0.2, 0) is 23.9 Å². The van der Waals surface area contributed by atoms with Gasteiger partial charge < -0.3 is 20.1 Å². The number of nitrogens with zero attached hydrogens (tertiary/aromatic N) is 1. The maximum Gasteiger partial charge on any atom is 0.338 e. The zero-order chi connectivity index (χ0) is 28.8. The normalized spacial score (nSPS) is 12.0. The molecule has 0 fully saturated rings. The Bertz CT molecular complexity index is 1540. The van der Waals surface area contributed by atoms with Crippen LogP contribution in [0.4, 0.5) is 20.2 Å². The van der Waals surface area contributed by atoms with Crippen LogP contribution in [0.15, 0.2) is 66.7 Å². The Morgan fingerprint density at radius 3 is 1.80 bits per heavy atom. The summed E-state index contributed by atoms with van der Waals surface area (Å²) < 4.78 is 37.0. The summed E-state index contributed by atoms with van der Waals surface area (Å²) in [6.07, 6.45) is 0. The summed E-state index contributed by atoms with van der Waals surface area (Å²) in [6, 6.07) is 14.2. The number of hydrogen-bond acceptors (Lipinski definition) is 8. The van der Waals surface area contributed by atoms with E-state index >= 15 is 0 Å². The summed E-state index contributed by atoms with van der Waals surface area (Å²) in [6.45, 7) is -2.37. The zero-order valence-electron chi connectivity index (χ0n) is 20.4. The molecular formula is C27H19F2N3O8. The average Bonchev–Trinajstić information content (AvgIpc) is 3.17. The van der Waals surface area contributed by atoms with Gasteiger partial charge in [-0.3, -0.25) is 28.9 Å². The number of amides is 4. The summed E-state index contributed by atoms with van der Waals surface area (Å²) >= 11 is 0. The van der Waals surface area contributed by atoms with Gasteiger partial charge in [0.2, 0.25) is 0 Å². The highest BCUT2D eigenvalue weighted by Crippen LogP contribution is 2.24. The van der Waals surface area contributed by atoms with E-state index in [4.69, 9.17) is 9.47 Å². The number of imide groups is 1. The second-order valence-electron chi connectivity index (χ2n) is 8.25. The first kappa shape index (κ1) is 27.6. The van der Waals surface area contributed by atoms with Gasteiger partial charge in [-0.25, -0.2) is 13.6 Å². The van der Waals surface area contributed by atoms with Gasteiger partial charge in [0, 0.05) is 0 Å². The average molecular weight is 551 g/mol. The van der Waals surface area contributed by atoms with Gasteiger partial charge in [-0.1, -0.05) is 24.3 Å². The number of rotatable bonds is 9. The quantitative estimate of drug-likeness (QED) is 0.305. The molecule has 3 aromatic carbocycles. The fourth-order valence-electron chi connectivity index (χ4n) is 3.59. The van der Waals surface area contributed by atoms with Gasteiger partial charge in [0.1, 0.15) is 18.2 Å². The Kier molecular flexibility index (Phi) is 8.23. The van der Waals surface area contributed by atoms with Crippen LogP contribution in [0.25, 0.3) is 0 Å². The molecule has 0 radical (unpaired) electrons. The molecule has 11 nitrogen and oxygen atoms in total. The predicted octanol–water partition coefficient (Wildman–Crippen LogP) is 2.54. The van der Waals surface area contributed by atoms with Gasteiger partial charge in [-0.15, -0.1) is 0 Å². The molecule has 4 amide bonds. The van der Waals surface area contributed by atoms with Crippen molar-refractivity contribution in [2.75, 3.05) is 30.4 Å². The highest BCUT2D eigenvalue weighted by atomic mass is 19.1. The smallest absolute Gasteiger partial charge is 0.338 e. The fourth-order valence-corrected chi connectivity index (χ4v) is 3.59. The van der Waals surface area contributed by atoms with Crippen molar-refractivity contribution >= 4 is 46.9 Å². The monoisotopic (exact) mass is 551 g/mol. The highest BCUT2D eigenvalue weighted by molar-refractivity contribution is 6.22. The molecule has 40 heavy (non-hydrogen) atoms. The Hall–Kier alpha value is -5.46. The lowest BCUT2D eigenvalue weighted by Gasteiger charge is -2.13. The molecule has 0 aromatic heterocycles. The van der Waals surface area contributed by atoms with Gasteiger partial charge in [0.25, 0.3) is 23.6 Å². The predicted molar refractivity (Wildman–Crippen MR) is 133 cm³/mol. The van der Waals surface area contributed by atoms with Crippen molar-refractivity contribution in [1.82, 2.24) is 4.90 Å². The lowest BCUT2D eigenvalue weighted by molar-refractivity contribution is -0.147. The Labute approximate surface area is 224 Å². The van der Waals surface area contributed by atoms with Crippen molar-refractivity contribution in [2.24, 2.45) is 0 Å². The van der Waals surface area contributed by atoms with Crippen LogP contribution in [0.1, 0.15) is 31.1 Å². The topological polar surface area (TPSA) is 148 Å². The molecule has 0 atom stereocenters. The number of hydrogen-bond donors (Lipinski definition) is 2. The molecule has 1 aliphatic rings. The van der Waals surface area contributed by atoms with Crippen molar-refractivity contribution in [1.29, 1.82) is 0 Å². The SMILES string of the molecule is O=C(COC(=O)CN1C(=O)c2ccc(C(=O)OCC(=O)Nc3ccccc3F)cc2C1=O)Nc1ccccc1F. The van der Waals surface area contributed by atoms with Crippen LogP contribution in [-0.4, -0.2) is 60.2 Å². The van der Waals surface area contributed by atoms with Crippen LogP contribution in [0, 0.1) is 11.6 Å². The number of esters is 2. The van der Waals surface area contributed by atoms with E-state index in [0.29, 0.717) is 4.90 Å². The van der Waals surface area contributed by atoms with Crippen LogP contribution < -0.4 is 10.6 Å². The maximum absolute atomic E-state index is 13.6. The van der Waals surface area contributed by atoms with E-state index in [-0.39, 0.29) is 28.1 Å². The number of fused-ring (bicyclic) bond motifs is 1. The number of anilines is 2. The van der Waals surface area contributed by atoms with Crippen molar-refractivity contribution in [3.05, 3.63) is 95.1 Å². The number of carbonyl (C=O) groups excluding carboxylic acids is 6. The molecule has 0 unspecified atom stereocenters. The van der Waals surface area contributed by atoms with E-state index < -0.39 is 67.0 Å². The lowest BCUT2D eigenvalue weighted by Crippen LogP contribution is -2.36. The fraction of sp³-hybridized carbons (Fsp3) is 0.111. The number of carbonyl (C=O) groups is 6. The van der Waals surface area contributed by atoms with Gasteiger partial charge in [0.15, 0.2) is 13.2 Å². The first-order chi connectivity index (χ1) is 19.1. The van der Waals surface area contributed by atoms with Crippen molar-refractivity contribution in [3.63, 3.8) is 0 Å². The molecule has 2 N–H and O–H groups in total. The minimum atomic E-state index is -1.08. The Morgan fingerprint density at radius 1 is 0.700 bits per heavy atom. The second kappa shape index (κ2) is 11.9. The lowest BCUT2D eigenvalue weighted by atomic mass is 10.1. The number of benzene rings is 3. The molecule has 0 saturated heterocycles. The number of para-hydroxylation sites is 2. The second-order valence-corrected chi connectivity index (χ2v) is 8.25. The molecular weight excluding hydrogens is 532 g/mol. The third kappa shape index (κ3) is 6.32. The van der Waals surface area contributed by atoms with Crippen LogP contribution in [0.2, 0.25) is 0 Å². The summed E-state index contributed by atoms with van der Waals surface area (Å²) in [5.74, 6) is -6.84. The summed E-state index contributed by atoms with van der Waals surface area (Å²) in [5.41, 5.74) is -0.671. The number of nitrogens with one attached hydrogen (secondary N) is 2. The molecule has 0 saturated carbocycles. The molecule has 13 heteroatoms. The van der Waals surface area contributed by atoms with Gasteiger partial charge >= 0.3 is 11.9 Å². The standard InChI is InChI=1S/C27H19F2N3O8/c28-18-5-1-3-7-20(18)30-22(33)13-39-24(35)12-32-25(36)16-10-9-15(11-17(16)26(32)37)27(38)40-14-23(34)31-21-8-4-2-6-19(21)29/h1-11H,12-14H2,(H,30,33)(H,31,34). The van der Waals surface area contributed by atoms with Gasteiger partial charge in [-0.2, -0.15) is 0 Å². The first-order valence-corrected chi connectivity index (χ1v) is 11.6. The molecule has 1 aliphatic heterocycles. The molecule has 204 valence electrons. The van der Waals surface area contributed by atoms with Crippen LogP contribution >= 0.6 is 0 Å². The van der Waals surface area contributed by atoms with Crippen molar-refractivity contribution in [3.8, 4) is 0 Å². The van der Waals surface area contributed by atoms with Gasteiger partial charge in [0.05, 0.1) is 28.1 Å². The van der Waals surface area contributed by atoms with Crippen molar-refractivity contribution < 1.29 is 47.0 Å².